The van der Waals surface area contributed by atoms with Gasteiger partial charge in [0.2, 0.25) is 0 Å². The summed E-state index contributed by atoms with van der Waals surface area (Å²) < 4.78 is 22.1. The minimum absolute atomic E-state index is 0.366. The molecular formula is C14H26O6Si. The summed E-state index contributed by atoms with van der Waals surface area (Å²) in [5.74, 6) is -1.56. The number of carbonyl (C=O) groups is 2. The van der Waals surface area contributed by atoms with E-state index in [4.69, 9.17) is 18.0 Å². The van der Waals surface area contributed by atoms with Gasteiger partial charge in [-0.25, -0.2) is 0 Å². The van der Waals surface area contributed by atoms with Gasteiger partial charge in [0.1, 0.15) is 5.54 Å². The molecule has 1 fully saturated rings. The molecule has 0 saturated carbocycles. The molecule has 1 saturated heterocycles. The molecule has 0 aliphatic carbocycles. The van der Waals surface area contributed by atoms with Gasteiger partial charge in [-0.1, -0.05) is 19.8 Å². The third-order valence-corrected chi connectivity index (χ3v) is 6.92. The Morgan fingerprint density at radius 2 is 1.48 bits per heavy atom. The van der Waals surface area contributed by atoms with E-state index in [-0.39, 0.29) is 0 Å². The van der Waals surface area contributed by atoms with Crippen molar-refractivity contribution in [3.8, 4) is 0 Å². The molecule has 1 heterocycles. The van der Waals surface area contributed by atoms with Gasteiger partial charge < -0.3 is 18.0 Å². The average molecular weight is 318 g/mol. The normalized spacial score (nSPS) is 22.7. The van der Waals surface area contributed by atoms with Crippen molar-refractivity contribution in [3.05, 3.63) is 0 Å². The van der Waals surface area contributed by atoms with Crippen molar-refractivity contribution in [2.45, 2.75) is 52.5 Å². The maximum Gasteiger partial charge on any atom is 0.516 e. The van der Waals surface area contributed by atoms with E-state index in [1.165, 1.54) is 0 Å². The van der Waals surface area contributed by atoms with Gasteiger partial charge in [-0.05, 0) is 27.2 Å². The number of hydrogen-bond acceptors (Lipinski definition) is 6. The zero-order valence-corrected chi connectivity index (χ0v) is 14.3. The van der Waals surface area contributed by atoms with Crippen LogP contribution in [0.3, 0.4) is 0 Å². The largest absolute Gasteiger partial charge is 0.516 e. The van der Waals surface area contributed by atoms with E-state index >= 15 is 0 Å². The van der Waals surface area contributed by atoms with Gasteiger partial charge in [-0.2, -0.15) is 0 Å². The summed E-state index contributed by atoms with van der Waals surface area (Å²) >= 11 is 0. The van der Waals surface area contributed by atoms with Crippen molar-refractivity contribution in [2.24, 2.45) is 5.92 Å². The Bertz CT molecular complexity index is 342. The molecule has 1 aliphatic heterocycles. The molecule has 7 heteroatoms. The summed E-state index contributed by atoms with van der Waals surface area (Å²) in [5.41, 5.74) is -0.739. The number of cyclic esters (lactones) is 2. The lowest BCUT2D eigenvalue weighted by Crippen LogP contribution is -2.53. The van der Waals surface area contributed by atoms with Gasteiger partial charge in [0.25, 0.3) is 0 Å². The van der Waals surface area contributed by atoms with Crippen molar-refractivity contribution in [1.82, 2.24) is 0 Å². The van der Waals surface area contributed by atoms with Gasteiger partial charge in [0.05, 0.1) is 5.92 Å². The van der Waals surface area contributed by atoms with E-state index < -0.39 is 32.2 Å². The van der Waals surface area contributed by atoms with Gasteiger partial charge in [0, 0.05) is 19.8 Å². The van der Waals surface area contributed by atoms with Crippen LogP contribution in [-0.2, 0) is 27.6 Å². The number of ether oxygens (including phenoxy) is 1. The zero-order chi connectivity index (χ0) is 15.9. The summed E-state index contributed by atoms with van der Waals surface area (Å²) in [7, 11) is -3.28. The van der Waals surface area contributed by atoms with Crippen molar-refractivity contribution in [1.29, 1.82) is 0 Å². The lowest BCUT2D eigenvalue weighted by atomic mass is 10.0. The second kappa shape index (κ2) is 8.62. The van der Waals surface area contributed by atoms with Crippen molar-refractivity contribution >= 4 is 20.7 Å². The molecular weight excluding hydrogens is 292 g/mol. The van der Waals surface area contributed by atoms with Crippen molar-refractivity contribution in [3.63, 3.8) is 0 Å². The number of esters is 2. The van der Waals surface area contributed by atoms with Crippen LogP contribution < -0.4 is 0 Å². The Hall–Kier alpha value is -0.763. The highest BCUT2D eigenvalue weighted by Gasteiger charge is 2.63. The molecule has 1 rings (SSSR count). The second-order valence-electron chi connectivity index (χ2n) is 4.87. The van der Waals surface area contributed by atoms with E-state index in [0.717, 1.165) is 12.8 Å². The van der Waals surface area contributed by atoms with Gasteiger partial charge in [-0.15, -0.1) is 0 Å². The predicted octanol–water partition coefficient (Wildman–Crippen LogP) is 2.29. The smallest absolute Gasteiger partial charge is 0.393 e. The van der Waals surface area contributed by atoms with E-state index in [1.54, 1.807) is 0 Å². The first-order valence-electron chi connectivity index (χ1n) is 7.73. The average Bonchev–Trinajstić information content (AvgIpc) is 2.71. The molecule has 2 atom stereocenters. The van der Waals surface area contributed by atoms with Crippen LogP contribution in [0.25, 0.3) is 0 Å². The van der Waals surface area contributed by atoms with E-state index in [9.17, 15) is 9.59 Å². The van der Waals surface area contributed by atoms with Crippen LogP contribution in [0.4, 0.5) is 0 Å². The Morgan fingerprint density at radius 3 is 1.90 bits per heavy atom. The zero-order valence-electron chi connectivity index (χ0n) is 13.3. The topological polar surface area (TPSA) is 71.1 Å². The number of rotatable bonds is 10. The molecule has 2 unspecified atom stereocenters. The molecule has 6 nitrogen and oxygen atoms in total. The van der Waals surface area contributed by atoms with Gasteiger partial charge in [0.15, 0.2) is 0 Å². The van der Waals surface area contributed by atoms with E-state index in [2.05, 4.69) is 0 Å². The number of hydrogen-bond donors (Lipinski definition) is 0. The predicted molar refractivity (Wildman–Crippen MR) is 78.5 cm³/mol. The third-order valence-electron chi connectivity index (χ3n) is 3.45. The summed E-state index contributed by atoms with van der Waals surface area (Å²) in [4.78, 5) is 24.2. The first-order chi connectivity index (χ1) is 10.1. The quantitative estimate of drug-likeness (QED) is 0.350. The highest BCUT2D eigenvalue weighted by atomic mass is 28.4. The molecule has 1 aliphatic rings. The van der Waals surface area contributed by atoms with Crippen LogP contribution in [0.2, 0.25) is 5.54 Å². The number of unbranched alkanes of at least 4 members (excludes halogenated alkanes) is 1. The van der Waals surface area contributed by atoms with Gasteiger partial charge >= 0.3 is 20.7 Å². The molecule has 0 spiro atoms. The Balaban J connectivity index is 3.10. The number of carbonyl (C=O) groups excluding carboxylic acids is 2. The standard InChI is InChI=1S/C14H26O6Si/c1-5-9-10-11-12(14(16)20-13(11)15)21(17-6-2,18-7-3)19-8-4/h11-12H,5-10H2,1-4H3. The fraction of sp³-hybridized carbons (Fsp3) is 0.857. The Kier molecular flexibility index (Phi) is 7.51. The fourth-order valence-electron chi connectivity index (χ4n) is 2.64. The summed E-state index contributed by atoms with van der Waals surface area (Å²) in [6.07, 6.45) is 2.38. The van der Waals surface area contributed by atoms with Crippen LogP contribution in [-0.4, -0.2) is 40.6 Å². The van der Waals surface area contributed by atoms with Crippen LogP contribution in [0.1, 0.15) is 47.0 Å². The van der Waals surface area contributed by atoms with Crippen LogP contribution in [0.15, 0.2) is 0 Å². The second-order valence-corrected chi connectivity index (χ2v) is 7.56. The highest BCUT2D eigenvalue weighted by Crippen LogP contribution is 2.41. The minimum Gasteiger partial charge on any atom is -0.393 e. The van der Waals surface area contributed by atoms with Gasteiger partial charge in [-0.3, -0.25) is 9.59 Å². The molecule has 122 valence electrons. The SMILES string of the molecule is CCCCC1C(=O)OC(=O)C1[Si](OCC)(OCC)OCC. The molecule has 0 aromatic heterocycles. The molecule has 0 aromatic carbocycles. The first kappa shape index (κ1) is 18.3. The maximum atomic E-state index is 12.2. The Labute approximate surface area is 127 Å². The van der Waals surface area contributed by atoms with Crippen molar-refractivity contribution < 1.29 is 27.6 Å². The maximum absolute atomic E-state index is 12.2. The lowest BCUT2D eigenvalue weighted by Gasteiger charge is -2.33. The first-order valence-corrected chi connectivity index (χ1v) is 9.53. The van der Waals surface area contributed by atoms with E-state index in [1.807, 2.05) is 27.7 Å². The molecule has 0 radical (unpaired) electrons. The minimum atomic E-state index is -3.28. The molecule has 21 heavy (non-hydrogen) atoms. The summed E-state index contributed by atoms with van der Waals surface area (Å²) in [5, 5.41) is 0. The monoisotopic (exact) mass is 318 g/mol. The van der Waals surface area contributed by atoms with Crippen LogP contribution >= 0.6 is 0 Å². The summed E-state index contributed by atoms with van der Waals surface area (Å²) in [6, 6.07) is 0. The third kappa shape index (κ3) is 4.12. The molecule has 0 amide bonds. The molecule has 0 bridgehead atoms. The van der Waals surface area contributed by atoms with Crippen LogP contribution in [0, 0.1) is 5.92 Å². The molecule has 0 N–H and O–H groups in total. The fourth-order valence-corrected chi connectivity index (χ4v) is 5.77. The van der Waals surface area contributed by atoms with Crippen molar-refractivity contribution in [2.75, 3.05) is 19.8 Å². The Morgan fingerprint density at radius 1 is 0.952 bits per heavy atom. The molecule has 0 aromatic rings. The lowest BCUT2D eigenvalue weighted by molar-refractivity contribution is -0.153. The van der Waals surface area contributed by atoms with E-state index in [0.29, 0.717) is 26.2 Å². The summed E-state index contributed by atoms with van der Waals surface area (Å²) in [6.45, 7) is 8.60. The highest BCUT2D eigenvalue weighted by molar-refractivity contribution is 6.67. The van der Waals surface area contributed by atoms with Crippen LogP contribution in [0.5, 0.6) is 0 Å².